The van der Waals surface area contributed by atoms with E-state index < -0.39 is 5.92 Å². The van der Waals surface area contributed by atoms with Crippen molar-refractivity contribution in [3.05, 3.63) is 0 Å². The number of rotatable bonds is 2. The highest BCUT2D eigenvalue weighted by Gasteiger charge is 2.35. The van der Waals surface area contributed by atoms with E-state index in [0.29, 0.717) is 19.6 Å². The second-order valence-electron chi connectivity index (χ2n) is 2.85. The smallest absolute Gasteiger partial charge is 0.318 e. The van der Waals surface area contributed by atoms with Crippen molar-refractivity contribution in [2.45, 2.75) is 13.3 Å². The molecule has 0 aromatic carbocycles. The van der Waals surface area contributed by atoms with Crippen molar-refractivity contribution in [2.75, 3.05) is 20.2 Å². The fourth-order valence-electron chi connectivity index (χ4n) is 1.28. The van der Waals surface area contributed by atoms with Gasteiger partial charge in [-0.1, -0.05) is 0 Å². The Labute approximate surface area is 71.5 Å². The summed E-state index contributed by atoms with van der Waals surface area (Å²) < 4.78 is 4.76. The summed E-state index contributed by atoms with van der Waals surface area (Å²) in [7, 11) is 1.70. The zero-order valence-corrected chi connectivity index (χ0v) is 7.37. The van der Waals surface area contributed by atoms with Crippen LogP contribution in [0.25, 0.3) is 0 Å². The lowest BCUT2D eigenvalue weighted by Gasteiger charge is -2.08. The number of esters is 1. The van der Waals surface area contributed by atoms with Crippen molar-refractivity contribution in [3.8, 4) is 0 Å². The van der Waals surface area contributed by atoms with E-state index in [-0.39, 0.29) is 11.9 Å². The lowest BCUT2D eigenvalue weighted by Crippen LogP contribution is -2.28. The quantitative estimate of drug-likeness (QED) is 0.435. The first-order valence-electron chi connectivity index (χ1n) is 4.08. The van der Waals surface area contributed by atoms with Crippen LogP contribution in [0.4, 0.5) is 0 Å². The second kappa shape index (κ2) is 3.56. The molecule has 0 N–H and O–H groups in total. The maximum absolute atomic E-state index is 11.2. The van der Waals surface area contributed by atoms with E-state index in [0.717, 1.165) is 0 Å². The lowest BCUT2D eigenvalue weighted by molar-refractivity contribution is -0.152. The zero-order valence-electron chi connectivity index (χ0n) is 7.37. The van der Waals surface area contributed by atoms with Crippen LogP contribution in [0.3, 0.4) is 0 Å². The first kappa shape index (κ1) is 9.03. The summed E-state index contributed by atoms with van der Waals surface area (Å²) in [6, 6.07) is 0. The van der Waals surface area contributed by atoms with Crippen molar-refractivity contribution in [1.29, 1.82) is 0 Å². The van der Waals surface area contributed by atoms with E-state index in [9.17, 15) is 9.59 Å². The molecule has 1 heterocycles. The fraction of sp³-hybridized carbons (Fsp3) is 0.750. The number of hydrogen-bond acceptors (Lipinski definition) is 3. The molecule has 68 valence electrons. The van der Waals surface area contributed by atoms with Gasteiger partial charge in [0.25, 0.3) is 0 Å². The molecule has 1 amide bonds. The van der Waals surface area contributed by atoms with Crippen LogP contribution in [0.1, 0.15) is 13.3 Å². The average molecular weight is 171 g/mol. The molecule has 12 heavy (non-hydrogen) atoms. The van der Waals surface area contributed by atoms with Crippen molar-refractivity contribution < 1.29 is 14.3 Å². The summed E-state index contributed by atoms with van der Waals surface area (Å²) in [5, 5.41) is 0. The van der Waals surface area contributed by atoms with Gasteiger partial charge in [0.2, 0.25) is 5.91 Å². The predicted molar refractivity (Wildman–Crippen MR) is 42.4 cm³/mol. The Morgan fingerprint density at radius 3 is 2.83 bits per heavy atom. The van der Waals surface area contributed by atoms with E-state index in [4.69, 9.17) is 4.74 Å². The third-order valence-electron chi connectivity index (χ3n) is 2.00. The third kappa shape index (κ3) is 1.57. The first-order chi connectivity index (χ1) is 5.66. The Morgan fingerprint density at radius 2 is 2.42 bits per heavy atom. The summed E-state index contributed by atoms with van der Waals surface area (Å²) in [5.41, 5.74) is 0. The topological polar surface area (TPSA) is 46.6 Å². The van der Waals surface area contributed by atoms with Crippen molar-refractivity contribution in [1.82, 2.24) is 4.90 Å². The molecule has 0 aromatic rings. The molecule has 0 aliphatic carbocycles. The molecular formula is C8H13NO3. The Bertz CT molecular complexity index is 202. The lowest BCUT2D eigenvalue weighted by atomic mass is 10.1. The molecular weight excluding hydrogens is 158 g/mol. The summed E-state index contributed by atoms with van der Waals surface area (Å²) in [6.07, 6.45) is 0.591. The van der Waals surface area contributed by atoms with E-state index in [1.165, 1.54) is 0 Å². The van der Waals surface area contributed by atoms with Gasteiger partial charge in [-0.25, -0.2) is 0 Å². The average Bonchev–Trinajstić information content (AvgIpc) is 2.34. The van der Waals surface area contributed by atoms with Crippen LogP contribution < -0.4 is 0 Å². The van der Waals surface area contributed by atoms with E-state index in [1.807, 2.05) is 0 Å². The predicted octanol–water partition coefficient (Wildman–Crippen LogP) is 0.0278. The highest BCUT2D eigenvalue weighted by Crippen LogP contribution is 2.17. The van der Waals surface area contributed by atoms with E-state index in [2.05, 4.69) is 0 Å². The number of likely N-dealkylation sites (tertiary alicyclic amines) is 1. The Kier molecular flexibility index (Phi) is 2.68. The standard InChI is InChI=1S/C8H13NO3/c1-3-12-8(11)6-4-5-9(2)7(6)10/h6H,3-5H2,1-2H3/t6-/m1/s1. The molecule has 0 radical (unpaired) electrons. The first-order valence-corrected chi connectivity index (χ1v) is 4.08. The molecule has 4 heteroatoms. The van der Waals surface area contributed by atoms with Gasteiger partial charge >= 0.3 is 5.97 Å². The van der Waals surface area contributed by atoms with Gasteiger partial charge < -0.3 is 9.64 Å². The minimum absolute atomic E-state index is 0.117. The number of amides is 1. The molecule has 0 saturated carbocycles. The van der Waals surface area contributed by atoms with Crippen molar-refractivity contribution in [2.24, 2.45) is 5.92 Å². The minimum atomic E-state index is -0.546. The van der Waals surface area contributed by atoms with Crippen LogP contribution >= 0.6 is 0 Å². The molecule has 0 spiro atoms. The fourth-order valence-corrected chi connectivity index (χ4v) is 1.28. The highest BCUT2D eigenvalue weighted by molar-refractivity contribution is 5.99. The highest BCUT2D eigenvalue weighted by atomic mass is 16.5. The molecule has 1 saturated heterocycles. The third-order valence-corrected chi connectivity index (χ3v) is 2.00. The van der Waals surface area contributed by atoms with Gasteiger partial charge in [0.05, 0.1) is 6.61 Å². The summed E-state index contributed by atoms with van der Waals surface area (Å²) in [5.74, 6) is -1.05. The van der Waals surface area contributed by atoms with Crippen LogP contribution in [-0.2, 0) is 14.3 Å². The molecule has 1 atom stereocenters. The van der Waals surface area contributed by atoms with Crippen LogP contribution in [-0.4, -0.2) is 37.0 Å². The SMILES string of the molecule is CCOC(=O)[C@@H]1CCN(C)C1=O. The molecule has 0 aromatic heterocycles. The number of ether oxygens (including phenoxy) is 1. The summed E-state index contributed by atoms with van der Waals surface area (Å²) in [4.78, 5) is 23.9. The maximum atomic E-state index is 11.2. The van der Waals surface area contributed by atoms with Gasteiger partial charge in [-0.15, -0.1) is 0 Å². The van der Waals surface area contributed by atoms with E-state index in [1.54, 1.807) is 18.9 Å². The molecule has 1 aliphatic heterocycles. The second-order valence-corrected chi connectivity index (χ2v) is 2.85. The van der Waals surface area contributed by atoms with Crippen LogP contribution in [0.15, 0.2) is 0 Å². The zero-order chi connectivity index (χ0) is 9.14. The number of nitrogens with zero attached hydrogens (tertiary/aromatic N) is 1. The monoisotopic (exact) mass is 171 g/mol. The van der Waals surface area contributed by atoms with Gasteiger partial charge in [-0.2, -0.15) is 0 Å². The van der Waals surface area contributed by atoms with Crippen molar-refractivity contribution in [3.63, 3.8) is 0 Å². The Hall–Kier alpha value is -1.06. The molecule has 0 unspecified atom stereocenters. The number of hydrogen-bond donors (Lipinski definition) is 0. The summed E-state index contributed by atoms with van der Waals surface area (Å²) >= 11 is 0. The van der Waals surface area contributed by atoms with E-state index >= 15 is 0 Å². The van der Waals surface area contributed by atoms with Crippen LogP contribution in [0, 0.1) is 5.92 Å². The van der Waals surface area contributed by atoms with Crippen molar-refractivity contribution >= 4 is 11.9 Å². The Balaban J connectivity index is 2.53. The molecule has 0 bridgehead atoms. The van der Waals surface area contributed by atoms with Gasteiger partial charge in [-0.05, 0) is 13.3 Å². The number of carbonyl (C=O) groups excluding carboxylic acids is 2. The maximum Gasteiger partial charge on any atom is 0.318 e. The van der Waals surface area contributed by atoms with Crippen LogP contribution in [0.2, 0.25) is 0 Å². The summed E-state index contributed by atoms with van der Waals surface area (Å²) in [6.45, 7) is 2.73. The number of carbonyl (C=O) groups is 2. The van der Waals surface area contributed by atoms with Gasteiger partial charge in [0.1, 0.15) is 5.92 Å². The van der Waals surface area contributed by atoms with Gasteiger partial charge in [0.15, 0.2) is 0 Å². The largest absolute Gasteiger partial charge is 0.465 e. The normalized spacial score (nSPS) is 23.0. The Morgan fingerprint density at radius 1 is 1.75 bits per heavy atom. The van der Waals surface area contributed by atoms with Crippen LogP contribution in [0.5, 0.6) is 0 Å². The molecule has 1 fully saturated rings. The minimum Gasteiger partial charge on any atom is -0.465 e. The van der Waals surface area contributed by atoms with Gasteiger partial charge in [-0.3, -0.25) is 9.59 Å². The molecule has 1 rings (SSSR count). The molecule has 1 aliphatic rings. The van der Waals surface area contributed by atoms with Gasteiger partial charge in [0, 0.05) is 13.6 Å². The molecule has 4 nitrogen and oxygen atoms in total.